The summed E-state index contributed by atoms with van der Waals surface area (Å²) in [5.74, 6) is 1.09. The molecule has 1 aromatic carbocycles. The zero-order chi connectivity index (χ0) is 17.6. The summed E-state index contributed by atoms with van der Waals surface area (Å²) in [4.78, 5) is 18.9. The van der Waals surface area contributed by atoms with E-state index in [1.54, 1.807) is 0 Å². The van der Waals surface area contributed by atoms with E-state index >= 15 is 0 Å². The lowest BCUT2D eigenvalue weighted by Crippen LogP contribution is -2.36. The van der Waals surface area contributed by atoms with Gasteiger partial charge in [-0.1, -0.05) is 30.3 Å². The number of carbonyl (C=O) groups is 1. The zero-order valence-corrected chi connectivity index (χ0v) is 15.0. The van der Waals surface area contributed by atoms with Gasteiger partial charge in [0, 0.05) is 38.8 Å². The Labute approximate surface area is 149 Å². The lowest BCUT2D eigenvalue weighted by Gasteiger charge is -2.26. The Bertz CT molecular complexity index is 744. The molecule has 0 saturated heterocycles. The van der Waals surface area contributed by atoms with E-state index in [2.05, 4.69) is 34.7 Å². The molecular weight excluding hydrogens is 312 g/mol. The van der Waals surface area contributed by atoms with Gasteiger partial charge in [0.05, 0.1) is 0 Å². The molecule has 0 saturated carbocycles. The van der Waals surface area contributed by atoms with E-state index in [1.165, 1.54) is 17.5 Å². The molecule has 3 rings (SSSR count). The van der Waals surface area contributed by atoms with Crippen molar-refractivity contribution >= 4 is 11.8 Å². The minimum atomic E-state index is -0.140. The van der Waals surface area contributed by atoms with Crippen LogP contribution in [0.25, 0.3) is 0 Å². The van der Waals surface area contributed by atoms with Crippen LogP contribution >= 0.6 is 0 Å². The van der Waals surface area contributed by atoms with Crippen molar-refractivity contribution in [2.75, 3.05) is 25.0 Å². The average molecular weight is 338 g/mol. The van der Waals surface area contributed by atoms with Crippen molar-refractivity contribution < 1.29 is 4.79 Å². The van der Waals surface area contributed by atoms with E-state index in [4.69, 9.17) is 4.98 Å². The Hall–Kier alpha value is -2.56. The van der Waals surface area contributed by atoms with E-state index in [0.29, 0.717) is 13.1 Å². The topological polar surface area (TPSA) is 57.3 Å². The highest BCUT2D eigenvalue weighted by Gasteiger charge is 2.15. The van der Waals surface area contributed by atoms with Gasteiger partial charge in [0.25, 0.3) is 0 Å². The number of hydrogen-bond donors (Lipinski definition) is 2. The molecule has 2 heterocycles. The van der Waals surface area contributed by atoms with Crippen molar-refractivity contribution in [3.05, 3.63) is 58.8 Å². The molecule has 0 bridgehead atoms. The molecular formula is C20H26N4O. The first-order chi connectivity index (χ1) is 12.1. The summed E-state index contributed by atoms with van der Waals surface area (Å²) in [5.41, 5.74) is 4.66. The van der Waals surface area contributed by atoms with Gasteiger partial charge in [-0.15, -0.1) is 0 Å². The number of hydrogen-bond acceptors (Lipinski definition) is 3. The highest BCUT2D eigenvalue weighted by atomic mass is 16.2. The molecule has 0 aliphatic carbocycles. The summed E-state index contributed by atoms with van der Waals surface area (Å²) in [7, 11) is 2.09. The van der Waals surface area contributed by atoms with Crippen LogP contribution in [0.3, 0.4) is 0 Å². The van der Waals surface area contributed by atoms with Crippen molar-refractivity contribution in [2.45, 2.75) is 32.7 Å². The normalized spacial score (nSPS) is 13.3. The molecule has 0 fully saturated rings. The molecule has 5 nitrogen and oxygen atoms in total. The molecule has 25 heavy (non-hydrogen) atoms. The third-order valence-electron chi connectivity index (χ3n) is 4.68. The standard InChI is InChI=1S/C20H26N4O/c1-15-6-3-4-7-17(15)14-22-20(25)21-12-11-18-10-9-16-8-5-13-24(2)19(16)23-18/h3-4,6-7,9-10H,5,8,11-14H2,1-2H3,(H2,21,22,25). The van der Waals surface area contributed by atoms with E-state index in [1.807, 2.05) is 31.2 Å². The van der Waals surface area contributed by atoms with Crippen LogP contribution < -0.4 is 15.5 Å². The second kappa shape index (κ2) is 8.01. The van der Waals surface area contributed by atoms with Crippen molar-refractivity contribution in [1.29, 1.82) is 0 Å². The number of rotatable bonds is 5. The van der Waals surface area contributed by atoms with Crippen LogP contribution in [0.15, 0.2) is 36.4 Å². The van der Waals surface area contributed by atoms with Gasteiger partial charge in [-0.25, -0.2) is 9.78 Å². The molecule has 0 atom stereocenters. The number of anilines is 1. The first kappa shape index (κ1) is 17.3. The third-order valence-corrected chi connectivity index (χ3v) is 4.68. The quantitative estimate of drug-likeness (QED) is 0.881. The van der Waals surface area contributed by atoms with Crippen LogP contribution in [0.2, 0.25) is 0 Å². The van der Waals surface area contributed by atoms with Gasteiger partial charge >= 0.3 is 6.03 Å². The Morgan fingerprint density at radius 2 is 2.04 bits per heavy atom. The highest BCUT2D eigenvalue weighted by Crippen LogP contribution is 2.23. The fourth-order valence-electron chi connectivity index (χ4n) is 3.14. The van der Waals surface area contributed by atoms with E-state index in [-0.39, 0.29) is 6.03 Å². The van der Waals surface area contributed by atoms with Gasteiger partial charge in [-0.2, -0.15) is 0 Å². The average Bonchev–Trinajstić information content (AvgIpc) is 2.62. The monoisotopic (exact) mass is 338 g/mol. The maximum Gasteiger partial charge on any atom is 0.315 e. The molecule has 0 unspecified atom stereocenters. The largest absolute Gasteiger partial charge is 0.359 e. The SMILES string of the molecule is Cc1ccccc1CNC(=O)NCCc1ccc2c(n1)N(C)CCC2. The summed E-state index contributed by atoms with van der Waals surface area (Å²) >= 11 is 0. The summed E-state index contributed by atoms with van der Waals surface area (Å²) < 4.78 is 0. The van der Waals surface area contributed by atoms with Crippen LogP contribution in [-0.2, 0) is 19.4 Å². The predicted molar refractivity (Wildman–Crippen MR) is 101 cm³/mol. The molecule has 2 aromatic rings. The second-order valence-electron chi connectivity index (χ2n) is 6.60. The molecule has 0 spiro atoms. The number of fused-ring (bicyclic) bond motifs is 1. The molecule has 132 valence electrons. The number of nitrogens with one attached hydrogen (secondary N) is 2. The maximum absolute atomic E-state index is 12.0. The lowest BCUT2D eigenvalue weighted by molar-refractivity contribution is 0.240. The smallest absolute Gasteiger partial charge is 0.315 e. The Kier molecular flexibility index (Phi) is 5.53. The Morgan fingerprint density at radius 1 is 1.20 bits per heavy atom. The second-order valence-corrected chi connectivity index (χ2v) is 6.60. The summed E-state index contributed by atoms with van der Waals surface area (Å²) in [6, 6.07) is 12.2. The van der Waals surface area contributed by atoms with Gasteiger partial charge in [-0.3, -0.25) is 0 Å². The Morgan fingerprint density at radius 3 is 2.88 bits per heavy atom. The Balaban J connectivity index is 1.46. The van der Waals surface area contributed by atoms with E-state index in [0.717, 1.165) is 36.5 Å². The first-order valence-corrected chi connectivity index (χ1v) is 8.89. The van der Waals surface area contributed by atoms with Crippen LogP contribution in [0, 0.1) is 6.92 Å². The molecule has 1 aliphatic rings. The maximum atomic E-state index is 12.0. The summed E-state index contributed by atoms with van der Waals surface area (Å²) in [6.07, 6.45) is 3.03. The summed E-state index contributed by atoms with van der Waals surface area (Å²) in [6.45, 7) is 4.23. The number of nitrogens with zero attached hydrogens (tertiary/aromatic N) is 2. The van der Waals surface area contributed by atoms with E-state index < -0.39 is 0 Å². The fraction of sp³-hybridized carbons (Fsp3) is 0.400. The third kappa shape index (κ3) is 4.50. The van der Waals surface area contributed by atoms with Crippen molar-refractivity contribution in [1.82, 2.24) is 15.6 Å². The number of amides is 2. The number of aromatic nitrogens is 1. The van der Waals surface area contributed by atoms with Gasteiger partial charge in [0.2, 0.25) is 0 Å². The van der Waals surface area contributed by atoms with Gasteiger partial charge in [0.15, 0.2) is 0 Å². The van der Waals surface area contributed by atoms with E-state index in [9.17, 15) is 4.79 Å². The predicted octanol–water partition coefficient (Wildman–Crippen LogP) is 2.81. The fourth-order valence-corrected chi connectivity index (χ4v) is 3.14. The molecule has 1 aromatic heterocycles. The van der Waals surface area contributed by atoms with Crippen molar-refractivity contribution in [2.24, 2.45) is 0 Å². The molecule has 2 amide bonds. The number of carbonyl (C=O) groups excluding carboxylic acids is 1. The summed E-state index contributed by atoms with van der Waals surface area (Å²) in [5, 5.41) is 5.81. The van der Waals surface area contributed by atoms with Crippen LogP contribution in [0.4, 0.5) is 10.6 Å². The van der Waals surface area contributed by atoms with Crippen LogP contribution in [-0.4, -0.2) is 31.2 Å². The minimum Gasteiger partial charge on any atom is -0.359 e. The number of benzene rings is 1. The molecule has 0 radical (unpaired) electrons. The minimum absolute atomic E-state index is 0.140. The highest BCUT2D eigenvalue weighted by molar-refractivity contribution is 5.73. The van der Waals surface area contributed by atoms with Crippen molar-refractivity contribution in [3.63, 3.8) is 0 Å². The van der Waals surface area contributed by atoms with Crippen LogP contribution in [0.1, 0.15) is 28.8 Å². The van der Waals surface area contributed by atoms with Gasteiger partial charge in [-0.05, 0) is 42.5 Å². The van der Waals surface area contributed by atoms with Gasteiger partial charge < -0.3 is 15.5 Å². The first-order valence-electron chi connectivity index (χ1n) is 8.89. The zero-order valence-electron chi connectivity index (χ0n) is 15.0. The molecule has 1 aliphatic heterocycles. The number of aryl methyl sites for hydroxylation is 2. The van der Waals surface area contributed by atoms with Crippen LogP contribution in [0.5, 0.6) is 0 Å². The van der Waals surface area contributed by atoms with Gasteiger partial charge in [0.1, 0.15) is 5.82 Å². The molecule has 2 N–H and O–H groups in total. The number of pyridine rings is 1. The van der Waals surface area contributed by atoms with Crippen molar-refractivity contribution in [3.8, 4) is 0 Å². The lowest BCUT2D eigenvalue weighted by atomic mass is 10.1. The number of urea groups is 1. The molecule has 5 heteroatoms.